The number of carbonyl (C=O) groups is 1. The van der Waals surface area contributed by atoms with Crippen molar-refractivity contribution >= 4 is 50.7 Å². The third-order valence-corrected chi connectivity index (χ3v) is 6.74. The first-order valence-electron chi connectivity index (χ1n) is 9.93. The lowest BCUT2D eigenvalue weighted by Gasteiger charge is -2.15. The van der Waals surface area contributed by atoms with Crippen molar-refractivity contribution in [2.24, 2.45) is 0 Å². The molecule has 11 heteroatoms. The molecular formula is C21H27N3O5S3. The fourth-order valence-electron chi connectivity index (χ4n) is 2.55. The van der Waals surface area contributed by atoms with Gasteiger partial charge in [-0.25, -0.2) is 8.42 Å². The van der Waals surface area contributed by atoms with Gasteiger partial charge in [0, 0.05) is 31.2 Å². The maximum atomic E-state index is 12.8. The molecule has 0 atom stereocenters. The normalized spacial score (nSPS) is 11.3. The monoisotopic (exact) mass is 497 g/mol. The second-order valence-electron chi connectivity index (χ2n) is 6.40. The van der Waals surface area contributed by atoms with Crippen molar-refractivity contribution < 1.29 is 22.7 Å². The van der Waals surface area contributed by atoms with Crippen molar-refractivity contribution in [3.63, 3.8) is 0 Å². The quantitative estimate of drug-likeness (QED) is 0.235. The van der Waals surface area contributed by atoms with E-state index in [1.165, 1.54) is 19.2 Å². The summed E-state index contributed by atoms with van der Waals surface area (Å²) in [5.41, 5.74) is 0.723. The van der Waals surface area contributed by atoms with Crippen molar-refractivity contribution in [3.8, 4) is 5.75 Å². The number of sulfonamides is 1. The van der Waals surface area contributed by atoms with E-state index in [-0.39, 0.29) is 28.3 Å². The lowest BCUT2D eigenvalue weighted by atomic mass is 10.1. The lowest BCUT2D eigenvalue weighted by Crippen LogP contribution is -2.37. The van der Waals surface area contributed by atoms with Crippen LogP contribution in [0.1, 0.15) is 17.4 Å². The Bertz CT molecular complexity index is 1020. The van der Waals surface area contributed by atoms with E-state index in [4.69, 9.17) is 21.7 Å². The van der Waals surface area contributed by atoms with Gasteiger partial charge in [0.25, 0.3) is 10.0 Å². The van der Waals surface area contributed by atoms with E-state index < -0.39 is 10.0 Å². The first-order chi connectivity index (χ1) is 15.4. The maximum absolute atomic E-state index is 12.8. The summed E-state index contributed by atoms with van der Waals surface area (Å²) in [6.45, 7) is 3.30. The second kappa shape index (κ2) is 13.2. The Morgan fingerprint density at radius 1 is 1.25 bits per heavy atom. The number of rotatable bonds is 12. The number of ether oxygens (including phenoxy) is 2. The number of benzene rings is 1. The molecule has 0 fully saturated rings. The Morgan fingerprint density at radius 3 is 2.75 bits per heavy atom. The summed E-state index contributed by atoms with van der Waals surface area (Å²) in [5.74, 6) is -0.0223. The zero-order valence-corrected chi connectivity index (χ0v) is 20.4. The van der Waals surface area contributed by atoms with Crippen LogP contribution in [0, 0.1) is 0 Å². The van der Waals surface area contributed by atoms with Gasteiger partial charge in [0.05, 0.1) is 6.61 Å². The van der Waals surface area contributed by atoms with Crippen molar-refractivity contribution in [2.45, 2.75) is 18.2 Å². The predicted molar refractivity (Wildman–Crippen MR) is 130 cm³/mol. The minimum Gasteiger partial charge on any atom is -0.490 e. The van der Waals surface area contributed by atoms with E-state index in [9.17, 15) is 13.2 Å². The van der Waals surface area contributed by atoms with Crippen LogP contribution in [0.15, 0.2) is 46.7 Å². The van der Waals surface area contributed by atoms with E-state index in [0.29, 0.717) is 26.2 Å². The number of thiocarbonyl (C=S) groups is 1. The van der Waals surface area contributed by atoms with Crippen LogP contribution >= 0.6 is 23.6 Å². The predicted octanol–water partition coefficient (Wildman–Crippen LogP) is 2.32. The van der Waals surface area contributed by atoms with Gasteiger partial charge in [-0.05, 0) is 60.8 Å². The molecule has 0 saturated carbocycles. The highest BCUT2D eigenvalue weighted by Gasteiger charge is 2.21. The van der Waals surface area contributed by atoms with Crippen LogP contribution < -0.4 is 20.1 Å². The van der Waals surface area contributed by atoms with Crippen molar-refractivity contribution in [3.05, 3.63) is 52.2 Å². The van der Waals surface area contributed by atoms with Crippen LogP contribution in [0.4, 0.5) is 0 Å². The van der Waals surface area contributed by atoms with Gasteiger partial charge in [0.1, 0.15) is 17.3 Å². The fourth-order valence-corrected chi connectivity index (χ4v) is 4.65. The van der Waals surface area contributed by atoms with Gasteiger partial charge in [-0.1, -0.05) is 12.1 Å². The molecule has 1 heterocycles. The fraction of sp³-hybridized carbons (Fsp3) is 0.333. The summed E-state index contributed by atoms with van der Waals surface area (Å²) in [6, 6.07) is 8.71. The Morgan fingerprint density at radius 2 is 2.06 bits per heavy atom. The number of hydrogen-bond acceptors (Lipinski definition) is 7. The minimum atomic E-state index is -3.96. The average Bonchev–Trinajstić information content (AvgIpc) is 3.29. The molecule has 0 aliphatic carbocycles. The number of thiophene rings is 1. The molecular weight excluding hydrogens is 470 g/mol. The molecule has 1 aromatic heterocycles. The first-order valence-corrected chi connectivity index (χ1v) is 12.7. The van der Waals surface area contributed by atoms with E-state index in [0.717, 1.165) is 10.4 Å². The van der Waals surface area contributed by atoms with Crippen LogP contribution in [-0.2, 0) is 26.0 Å². The van der Waals surface area contributed by atoms with Gasteiger partial charge in [-0.3, -0.25) is 9.52 Å². The summed E-state index contributed by atoms with van der Waals surface area (Å²) >= 11 is 6.48. The van der Waals surface area contributed by atoms with Gasteiger partial charge < -0.3 is 20.1 Å². The first kappa shape index (κ1) is 25.8. The van der Waals surface area contributed by atoms with Gasteiger partial charge in [-0.2, -0.15) is 0 Å². The summed E-state index contributed by atoms with van der Waals surface area (Å²) < 4.78 is 38.8. The second-order valence-corrected chi connectivity index (χ2v) is 9.44. The molecule has 1 aromatic carbocycles. The molecule has 0 aliphatic rings. The summed E-state index contributed by atoms with van der Waals surface area (Å²) in [4.78, 5) is 12.9. The average molecular weight is 498 g/mol. The molecule has 2 rings (SSSR count). The smallest absolute Gasteiger partial charge is 0.267 e. The molecule has 0 saturated heterocycles. The van der Waals surface area contributed by atoms with Crippen LogP contribution in [0.3, 0.4) is 0 Å². The van der Waals surface area contributed by atoms with Crippen molar-refractivity contribution in [1.29, 1.82) is 0 Å². The van der Waals surface area contributed by atoms with Gasteiger partial charge in [0.15, 0.2) is 5.11 Å². The number of nitrogens with one attached hydrogen (secondary N) is 3. The summed E-state index contributed by atoms with van der Waals surface area (Å²) in [7, 11) is -2.44. The highest BCUT2D eigenvalue weighted by atomic mass is 32.2. The van der Waals surface area contributed by atoms with Gasteiger partial charge >= 0.3 is 0 Å². The highest BCUT2D eigenvalue weighted by molar-refractivity contribution is 7.92. The zero-order chi connectivity index (χ0) is 23.4. The third-order valence-electron chi connectivity index (χ3n) is 4.10. The SMILES string of the molecule is CCOCCOc1ccc(CCNC(=O)/C=C/c2cccs2)cc1S(=O)(=O)NC(=S)NC. The van der Waals surface area contributed by atoms with E-state index in [1.807, 2.05) is 24.4 Å². The summed E-state index contributed by atoms with van der Waals surface area (Å²) in [6.07, 6.45) is 3.66. The van der Waals surface area contributed by atoms with Crippen LogP contribution in [0.2, 0.25) is 0 Å². The summed E-state index contributed by atoms with van der Waals surface area (Å²) in [5, 5.41) is 7.28. The molecule has 1 amide bonds. The number of amides is 1. The Balaban J connectivity index is 2.07. The van der Waals surface area contributed by atoms with Gasteiger partial charge in [0.2, 0.25) is 5.91 Å². The Labute approximate surface area is 198 Å². The minimum absolute atomic E-state index is 0.0274. The number of hydrogen-bond donors (Lipinski definition) is 3. The third kappa shape index (κ3) is 8.58. The molecule has 0 bridgehead atoms. The molecule has 0 radical (unpaired) electrons. The van der Waals surface area contributed by atoms with Crippen LogP contribution in [0.25, 0.3) is 6.08 Å². The molecule has 32 heavy (non-hydrogen) atoms. The molecule has 0 aliphatic heterocycles. The molecule has 174 valence electrons. The largest absolute Gasteiger partial charge is 0.490 e. The topological polar surface area (TPSA) is 106 Å². The highest BCUT2D eigenvalue weighted by Crippen LogP contribution is 2.25. The lowest BCUT2D eigenvalue weighted by molar-refractivity contribution is -0.116. The van der Waals surface area contributed by atoms with Crippen LogP contribution in [-0.4, -0.2) is 52.9 Å². The Hall–Kier alpha value is -2.47. The van der Waals surface area contributed by atoms with Crippen molar-refractivity contribution in [1.82, 2.24) is 15.4 Å². The van der Waals surface area contributed by atoms with Crippen LogP contribution in [0.5, 0.6) is 5.75 Å². The Kier molecular flexibility index (Phi) is 10.6. The van der Waals surface area contributed by atoms with E-state index in [2.05, 4.69) is 15.4 Å². The molecule has 2 aromatic rings. The molecule has 3 N–H and O–H groups in total. The zero-order valence-electron chi connectivity index (χ0n) is 17.9. The number of carbonyl (C=O) groups excluding carboxylic acids is 1. The van der Waals surface area contributed by atoms with E-state index >= 15 is 0 Å². The molecule has 0 spiro atoms. The molecule has 0 unspecified atom stereocenters. The molecule has 8 nitrogen and oxygen atoms in total. The van der Waals surface area contributed by atoms with Gasteiger partial charge in [-0.15, -0.1) is 11.3 Å². The standard InChI is InChI=1S/C21H27N3O5S3/c1-3-28-12-13-29-18-8-6-16(15-19(18)32(26,27)24-21(30)22-2)10-11-23-20(25)9-7-17-5-4-14-31-17/h4-9,14-15H,3,10-13H2,1-2H3,(H,23,25)(H2,22,24,30)/b9-7+. The van der Waals surface area contributed by atoms with E-state index in [1.54, 1.807) is 29.5 Å². The maximum Gasteiger partial charge on any atom is 0.267 e. The van der Waals surface area contributed by atoms with Crippen molar-refractivity contribution in [2.75, 3.05) is 33.4 Å².